The van der Waals surface area contributed by atoms with Gasteiger partial charge in [0.15, 0.2) is 0 Å². The Bertz CT molecular complexity index is 491. The maximum absolute atomic E-state index is 12.5. The van der Waals surface area contributed by atoms with Crippen molar-refractivity contribution >= 4 is 17.8 Å². The summed E-state index contributed by atoms with van der Waals surface area (Å²) in [6, 6.07) is -0.473. The van der Waals surface area contributed by atoms with E-state index in [9.17, 15) is 14.4 Å². The molecule has 0 bridgehead atoms. The molecule has 3 fully saturated rings. The summed E-state index contributed by atoms with van der Waals surface area (Å²) in [5, 5.41) is 5.69. The highest BCUT2D eigenvalue weighted by Crippen LogP contribution is 2.27. The number of urea groups is 1. The summed E-state index contributed by atoms with van der Waals surface area (Å²) in [6.45, 7) is 6.87. The maximum Gasteiger partial charge on any atom is 0.325 e. The van der Waals surface area contributed by atoms with Crippen LogP contribution in [-0.2, 0) is 9.59 Å². The Morgan fingerprint density at radius 2 is 1.77 bits per heavy atom. The third-order valence-corrected chi connectivity index (χ3v) is 5.36. The summed E-state index contributed by atoms with van der Waals surface area (Å²) in [5.41, 5.74) is -0.959. The SMILES string of the molecule is CC1(C)C(=O)NC(=O)N1CC(=O)N1CC[C@@H]2CNC[C@@H]2CC1. The van der Waals surface area contributed by atoms with E-state index in [2.05, 4.69) is 10.6 Å². The molecule has 4 amide bonds. The monoisotopic (exact) mass is 308 g/mol. The van der Waals surface area contributed by atoms with E-state index in [0.717, 1.165) is 39.0 Å². The molecule has 3 saturated heterocycles. The molecule has 0 unspecified atom stereocenters. The maximum atomic E-state index is 12.5. The van der Waals surface area contributed by atoms with Crippen molar-refractivity contribution in [2.24, 2.45) is 11.8 Å². The molecule has 2 atom stereocenters. The van der Waals surface area contributed by atoms with Crippen molar-refractivity contribution in [3.8, 4) is 0 Å². The molecule has 3 aliphatic heterocycles. The average molecular weight is 308 g/mol. The molecule has 0 aliphatic carbocycles. The highest BCUT2D eigenvalue weighted by Gasteiger charge is 2.46. The van der Waals surface area contributed by atoms with E-state index in [1.165, 1.54) is 4.90 Å². The fraction of sp³-hybridized carbons (Fsp3) is 0.800. The number of rotatable bonds is 2. The molecule has 7 heteroatoms. The first-order chi connectivity index (χ1) is 10.4. The van der Waals surface area contributed by atoms with Gasteiger partial charge in [-0.15, -0.1) is 0 Å². The van der Waals surface area contributed by atoms with E-state index in [4.69, 9.17) is 0 Å². The smallest absolute Gasteiger partial charge is 0.325 e. The number of nitrogens with one attached hydrogen (secondary N) is 2. The molecule has 0 radical (unpaired) electrons. The highest BCUT2D eigenvalue weighted by molar-refractivity contribution is 6.07. The lowest BCUT2D eigenvalue weighted by Gasteiger charge is -2.30. The van der Waals surface area contributed by atoms with E-state index in [1.54, 1.807) is 13.8 Å². The summed E-state index contributed by atoms with van der Waals surface area (Å²) in [5.74, 6) is 0.907. The lowest BCUT2D eigenvalue weighted by Crippen LogP contribution is -2.50. The standard InChI is InChI=1S/C15H24N4O3/c1-15(2)13(21)17-14(22)19(15)9-12(20)18-5-3-10-7-16-8-11(10)4-6-18/h10-11,16H,3-9H2,1-2H3,(H,17,21,22)/t10-,11+. The van der Waals surface area contributed by atoms with Crippen LogP contribution in [0.1, 0.15) is 26.7 Å². The average Bonchev–Trinajstić information content (AvgIpc) is 2.90. The predicted octanol–water partition coefficient (Wildman–Crippen LogP) is -0.225. The lowest BCUT2D eigenvalue weighted by molar-refractivity contribution is -0.133. The van der Waals surface area contributed by atoms with Crippen molar-refractivity contribution in [1.29, 1.82) is 0 Å². The number of imide groups is 1. The van der Waals surface area contributed by atoms with Gasteiger partial charge >= 0.3 is 6.03 Å². The summed E-state index contributed by atoms with van der Waals surface area (Å²) >= 11 is 0. The third kappa shape index (κ3) is 2.58. The van der Waals surface area contributed by atoms with Crippen molar-refractivity contribution < 1.29 is 14.4 Å². The molecule has 3 heterocycles. The second-order valence-electron chi connectivity index (χ2n) is 7.04. The van der Waals surface area contributed by atoms with Gasteiger partial charge in [0.1, 0.15) is 12.1 Å². The van der Waals surface area contributed by atoms with Gasteiger partial charge in [0.2, 0.25) is 5.91 Å². The van der Waals surface area contributed by atoms with E-state index in [1.807, 2.05) is 4.90 Å². The van der Waals surface area contributed by atoms with Crippen LogP contribution in [0.4, 0.5) is 4.79 Å². The van der Waals surface area contributed by atoms with Crippen molar-refractivity contribution in [2.45, 2.75) is 32.2 Å². The van der Waals surface area contributed by atoms with Crippen molar-refractivity contribution in [3.63, 3.8) is 0 Å². The van der Waals surface area contributed by atoms with Gasteiger partial charge in [-0.05, 0) is 51.6 Å². The summed E-state index contributed by atoms with van der Waals surface area (Å²) < 4.78 is 0. The van der Waals surface area contributed by atoms with Crippen LogP contribution < -0.4 is 10.6 Å². The normalized spacial score (nSPS) is 31.0. The Hall–Kier alpha value is -1.63. The molecule has 0 aromatic rings. The number of nitrogens with zero attached hydrogens (tertiary/aromatic N) is 2. The second-order valence-corrected chi connectivity index (χ2v) is 7.04. The number of hydrogen-bond donors (Lipinski definition) is 2. The largest absolute Gasteiger partial charge is 0.341 e. The number of hydrogen-bond acceptors (Lipinski definition) is 4. The molecular weight excluding hydrogens is 284 g/mol. The van der Waals surface area contributed by atoms with Crippen LogP contribution in [0.25, 0.3) is 0 Å². The number of fused-ring (bicyclic) bond motifs is 1. The molecule has 3 aliphatic rings. The van der Waals surface area contributed by atoms with Crippen LogP contribution in [0.15, 0.2) is 0 Å². The second kappa shape index (κ2) is 5.53. The van der Waals surface area contributed by atoms with Crippen molar-refractivity contribution in [3.05, 3.63) is 0 Å². The zero-order valence-corrected chi connectivity index (χ0v) is 13.2. The molecule has 7 nitrogen and oxygen atoms in total. The first kappa shape index (κ1) is 15.3. The Balaban J connectivity index is 1.62. The molecule has 0 saturated carbocycles. The van der Waals surface area contributed by atoms with E-state index < -0.39 is 11.6 Å². The van der Waals surface area contributed by atoms with Crippen molar-refractivity contribution in [1.82, 2.24) is 20.4 Å². The Labute approximate surface area is 130 Å². The topological polar surface area (TPSA) is 81.8 Å². The van der Waals surface area contributed by atoms with E-state index in [0.29, 0.717) is 11.8 Å². The Kier molecular flexibility index (Phi) is 3.84. The number of carbonyl (C=O) groups is 3. The van der Waals surface area contributed by atoms with Crippen LogP contribution in [-0.4, -0.2) is 65.9 Å². The zero-order chi connectivity index (χ0) is 15.9. The van der Waals surface area contributed by atoms with Crippen molar-refractivity contribution in [2.75, 3.05) is 32.7 Å². The van der Waals surface area contributed by atoms with Gasteiger partial charge in [-0.3, -0.25) is 14.9 Å². The molecule has 22 heavy (non-hydrogen) atoms. The van der Waals surface area contributed by atoms with Crippen LogP contribution in [0.2, 0.25) is 0 Å². The molecule has 0 aromatic carbocycles. The van der Waals surface area contributed by atoms with Gasteiger partial charge in [0, 0.05) is 13.1 Å². The first-order valence-electron chi connectivity index (χ1n) is 8.01. The van der Waals surface area contributed by atoms with E-state index >= 15 is 0 Å². The summed E-state index contributed by atoms with van der Waals surface area (Å²) in [7, 11) is 0. The van der Waals surface area contributed by atoms with Gasteiger partial charge in [0.25, 0.3) is 5.91 Å². The fourth-order valence-corrected chi connectivity index (χ4v) is 3.67. The lowest BCUT2D eigenvalue weighted by atomic mass is 9.92. The van der Waals surface area contributed by atoms with Crippen LogP contribution in [0, 0.1) is 11.8 Å². The minimum Gasteiger partial charge on any atom is -0.341 e. The molecule has 0 spiro atoms. The summed E-state index contributed by atoms with van der Waals surface area (Å²) in [6.07, 6.45) is 2.02. The molecule has 2 N–H and O–H groups in total. The van der Waals surface area contributed by atoms with Gasteiger partial charge in [0.05, 0.1) is 0 Å². The highest BCUT2D eigenvalue weighted by atomic mass is 16.2. The molecular formula is C15H24N4O3. The Morgan fingerprint density at radius 1 is 1.18 bits per heavy atom. The van der Waals surface area contributed by atoms with Gasteiger partial charge < -0.3 is 15.1 Å². The minimum absolute atomic E-state index is 0.0296. The van der Waals surface area contributed by atoms with E-state index in [-0.39, 0.29) is 18.4 Å². The number of amides is 4. The number of likely N-dealkylation sites (tertiary alicyclic amines) is 1. The predicted molar refractivity (Wildman–Crippen MR) is 80.0 cm³/mol. The Morgan fingerprint density at radius 3 is 2.27 bits per heavy atom. The first-order valence-corrected chi connectivity index (χ1v) is 8.01. The van der Waals surface area contributed by atoms with Gasteiger partial charge in [-0.1, -0.05) is 0 Å². The summed E-state index contributed by atoms with van der Waals surface area (Å²) in [4.78, 5) is 39.4. The zero-order valence-electron chi connectivity index (χ0n) is 13.2. The van der Waals surface area contributed by atoms with Gasteiger partial charge in [-0.2, -0.15) is 0 Å². The third-order valence-electron chi connectivity index (χ3n) is 5.36. The van der Waals surface area contributed by atoms with Crippen LogP contribution in [0.3, 0.4) is 0 Å². The molecule has 122 valence electrons. The minimum atomic E-state index is -0.959. The number of carbonyl (C=O) groups excluding carboxylic acids is 3. The van der Waals surface area contributed by atoms with Crippen LogP contribution in [0.5, 0.6) is 0 Å². The quantitative estimate of drug-likeness (QED) is 0.691. The fourth-order valence-electron chi connectivity index (χ4n) is 3.67. The van der Waals surface area contributed by atoms with Crippen LogP contribution >= 0.6 is 0 Å². The molecule has 3 rings (SSSR count). The molecule has 0 aromatic heterocycles. The van der Waals surface area contributed by atoms with Gasteiger partial charge in [-0.25, -0.2) is 4.79 Å².